The lowest BCUT2D eigenvalue weighted by atomic mass is 10.2. The minimum atomic E-state index is -4.43. The van der Waals surface area contributed by atoms with Crippen molar-refractivity contribution in [1.29, 1.82) is 0 Å². The summed E-state index contributed by atoms with van der Waals surface area (Å²) in [4.78, 5) is 23.6. The van der Waals surface area contributed by atoms with Gasteiger partial charge in [-0.25, -0.2) is 9.98 Å². The molecule has 2 heterocycles. The smallest absolute Gasteiger partial charge is 0.422 e. The topological polar surface area (TPSA) is 70.1 Å². The number of ether oxygens (including phenoxy) is 1. The van der Waals surface area contributed by atoms with Gasteiger partial charge in [-0.2, -0.15) is 13.2 Å². The molecule has 0 aliphatic carbocycles. The summed E-state index contributed by atoms with van der Waals surface area (Å²) in [5.41, 5.74) is 0.472. The molecule has 0 spiro atoms. The molecular weight excluding hydrogens is 363 g/mol. The molecule has 0 atom stereocenters. The van der Waals surface area contributed by atoms with Crippen LogP contribution in [0.1, 0.15) is 19.4 Å². The summed E-state index contributed by atoms with van der Waals surface area (Å²) < 4.78 is 42.0. The van der Waals surface area contributed by atoms with Gasteiger partial charge in [-0.3, -0.25) is 4.79 Å². The van der Waals surface area contributed by atoms with Gasteiger partial charge in [0.2, 0.25) is 11.8 Å². The molecule has 7 nitrogen and oxygen atoms in total. The van der Waals surface area contributed by atoms with E-state index < -0.39 is 12.8 Å². The quantitative estimate of drug-likeness (QED) is 0.615. The Labute approximate surface area is 156 Å². The highest BCUT2D eigenvalue weighted by molar-refractivity contribution is 5.80. The van der Waals surface area contributed by atoms with Gasteiger partial charge in [-0.15, -0.1) is 0 Å². The SMILES string of the molecule is CCNC(=NCc1cccnc1OCC(F)(F)F)N1CCN(C(C)=O)CC1. The lowest BCUT2D eigenvalue weighted by molar-refractivity contribution is -0.154. The molecule has 150 valence electrons. The molecule has 0 saturated carbocycles. The molecular formula is C17H24F3N5O2. The monoisotopic (exact) mass is 387 g/mol. The van der Waals surface area contributed by atoms with Crippen LogP contribution < -0.4 is 10.1 Å². The van der Waals surface area contributed by atoms with Crippen molar-refractivity contribution in [1.82, 2.24) is 20.1 Å². The Morgan fingerprint density at radius 2 is 1.96 bits per heavy atom. The van der Waals surface area contributed by atoms with Gasteiger partial charge < -0.3 is 19.9 Å². The maximum absolute atomic E-state index is 12.4. The Morgan fingerprint density at radius 1 is 1.30 bits per heavy atom. The van der Waals surface area contributed by atoms with E-state index in [-0.39, 0.29) is 18.3 Å². The van der Waals surface area contributed by atoms with E-state index in [0.29, 0.717) is 44.2 Å². The van der Waals surface area contributed by atoms with Crippen LogP contribution in [0, 0.1) is 0 Å². The van der Waals surface area contributed by atoms with E-state index in [1.807, 2.05) is 11.8 Å². The normalized spacial score (nSPS) is 15.7. The third kappa shape index (κ3) is 6.61. The number of carbonyl (C=O) groups is 1. The van der Waals surface area contributed by atoms with Crippen LogP contribution >= 0.6 is 0 Å². The molecule has 0 radical (unpaired) electrons. The van der Waals surface area contributed by atoms with Crippen molar-refractivity contribution in [2.24, 2.45) is 4.99 Å². The molecule has 1 aromatic rings. The molecule has 1 fully saturated rings. The minimum absolute atomic E-state index is 0.0402. The number of alkyl halides is 3. The molecule has 0 unspecified atom stereocenters. The number of piperazine rings is 1. The summed E-state index contributed by atoms with van der Waals surface area (Å²) in [6, 6.07) is 3.27. The van der Waals surface area contributed by atoms with Gasteiger partial charge in [-0.1, -0.05) is 6.07 Å². The molecule has 0 bridgehead atoms. The first-order chi connectivity index (χ1) is 12.8. The third-order valence-electron chi connectivity index (χ3n) is 3.98. The fourth-order valence-electron chi connectivity index (χ4n) is 2.64. The Balaban J connectivity index is 2.06. The average molecular weight is 387 g/mol. The van der Waals surface area contributed by atoms with Crippen LogP contribution in [0.2, 0.25) is 0 Å². The summed E-state index contributed by atoms with van der Waals surface area (Å²) in [5, 5.41) is 3.17. The number of hydrogen-bond donors (Lipinski definition) is 1. The first-order valence-corrected chi connectivity index (χ1v) is 8.72. The second-order valence-electron chi connectivity index (χ2n) is 6.03. The second kappa shape index (κ2) is 9.43. The first kappa shape index (κ1) is 20.8. The lowest BCUT2D eigenvalue weighted by Gasteiger charge is -2.36. The van der Waals surface area contributed by atoms with E-state index in [1.54, 1.807) is 24.0 Å². The van der Waals surface area contributed by atoms with E-state index in [4.69, 9.17) is 4.74 Å². The zero-order valence-corrected chi connectivity index (χ0v) is 15.4. The van der Waals surface area contributed by atoms with E-state index in [0.717, 1.165) is 0 Å². The number of guanidine groups is 1. The highest BCUT2D eigenvalue weighted by atomic mass is 19.4. The Hall–Kier alpha value is -2.52. The molecule has 1 aromatic heterocycles. The largest absolute Gasteiger partial charge is 0.468 e. The van der Waals surface area contributed by atoms with Gasteiger partial charge in [0.1, 0.15) is 0 Å². The molecule has 1 amide bonds. The van der Waals surface area contributed by atoms with Crippen molar-refractivity contribution < 1.29 is 22.7 Å². The van der Waals surface area contributed by atoms with Crippen LogP contribution in [0.3, 0.4) is 0 Å². The van der Waals surface area contributed by atoms with E-state index >= 15 is 0 Å². The van der Waals surface area contributed by atoms with Crippen LogP contribution in [-0.4, -0.2) is 72.2 Å². The highest BCUT2D eigenvalue weighted by Crippen LogP contribution is 2.20. The van der Waals surface area contributed by atoms with Gasteiger partial charge in [0, 0.05) is 51.4 Å². The van der Waals surface area contributed by atoms with E-state index in [9.17, 15) is 18.0 Å². The zero-order valence-electron chi connectivity index (χ0n) is 15.4. The molecule has 0 aromatic carbocycles. The average Bonchev–Trinajstić information content (AvgIpc) is 2.63. The fourth-order valence-corrected chi connectivity index (χ4v) is 2.64. The number of aliphatic imine (C=N–C) groups is 1. The third-order valence-corrected chi connectivity index (χ3v) is 3.98. The van der Waals surface area contributed by atoms with Crippen molar-refractivity contribution in [2.45, 2.75) is 26.6 Å². The standard InChI is InChI=1S/C17H24F3N5O2/c1-3-21-16(25-9-7-24(8-10-25)13(2)26)23-11-14-5-4-6-22-15(14)27-12-17(18,19)20/h4-6H,3,7-12H2,1-2H3,(H,21,23). The lowest BCUT2D eigenvalue weighted by Crippen LogP contribution is -2.53. The highest BCUT2D eigenvalue weighted by Gasteiger charge is 2.29. The Morgan fingerprint density at radius 3 is 2.56 bits per heavy atom. The molecule has 27 heavy (non-hydrogen) atoms. The molecule has 1 N–H and O–H groups in total. The summed E-state index contributed by atoms with van der Waals surface area (Å²) in [5.74, 6) is 0.612. The van der Waals surface area contributed by atoms with Gasteiger partial charge >= 0.3 is 6.18 Å². The van der Waals surface area contributed by atoms with Gasteiger partial charge in [0.15, 0.2) is 12.6 Å². The van der Waals surface area contributed by atoms with Gasteiger partial charge in [0.25, 0.3) is 0 Å². The van der Waals surface area contributed by atoms with Crippen LogP contribution in [0.5, 0.6) is 5.88 Å². The second-order valence-corrected chi connectivity index (χ2v) is 6.03. The number of rotatable bonds is 5. The maximum Gasteiger partial charge on any atom is 0.422 e. The Bertz CT molecular complexity index is 658. The van der Waals surface area contributed by atoms with Gasteiger partial charge in [0.05, 0.1) is 6.54 Å². The summed E-state index contributed by atoms with van der Waals surface area (Å²) in [7, 11) is 0. The van der Waals surface area contributed by atoms with Crippen molar-refractivity contribution >= 4 is 11.9 Å². The predicted octanol–water partition coefficient (Wildman–Crippen LogP) is 1.65. The van der Waals surface area contributed by atoms with E-state index in [1.165, 1.54) is 6.20 Å². The van der Waals surface area contributed by atoms with E-state index in [2.05, 4.69) is 15.3 Å². The summed E-state index contributed by atoms with van der Waals surface area (Å²) in [6.45, 7) is 5.34. The first-order valence-electron chi connectivity index (χ1n) is 8.72. The maximum atomic E-state index is 12.4. The number of carbonyl (C=O) groups excluding carboxylic acids is 1. The number of amides is 1. The summed E-state index contributed by atoms with van der Waals surface area (Å²) >= 11 is 0. The van der Waals surface area contributed by atoms with Crippen LogP contribution in [0.4, 0.5) is 13.2 Å². The Kier molecular flexibility index (Phi) is 7.26. The van der Waals surface area contributed by atoms with Crippen molar-refractivity contribution in [3.05, 3.63) is 23.9 Å². The fraction of sp³-hybridized carbons (Fsp3) is 0.588. The minimum Gasteiger partial charge on any atom is -0.468 e. The number of pyridine rings is 1. The molecule has 1 aliphatic heterocycles. The number of hydrogen-bond acceptors (Lipinski definition) is 4. The number of nitrogens with one attached hydrogen (secondary N) is 1. The zero-order chi connectivity index (χ0) is 19.9. The molecule has 10 heteroatoms. The number of aromatic nitrogens is 1. The summed E-state index contributed by atoms with van der Waals surface area (Å²) in [6.07, 6.45) is -3.05. The molecule has 1 saturated heterocycles. The van der Waals surface area contributed by atoms with Crippen molar-refractivity contribution in [3.63, 3.8) is 0 Å². The van der Waals surface area contributed by atoms with Crippen molar-refractivity contribution in [3.8, 4) is 5.88 Å². The number of halogens is 3. The van der Waals surface area contributed by atoms with Crippen molar-refractivity contribution in [2.75, 3.05) is 39.3 Å². The van der Waals surface area contributed by atoms with Crippen LogP contribution in [0.15, 0.2) is 23.3 Å². The molecule has 2 rings (SSSR count). The molecule has 1 aliphatic rings. The van der Waals surface area contributed by atoms with Gasteiger partial charge in [-0.05, 0) is 13.0 Å². The predicted molar refractivity (Wildman–Crippen MR) is 94.4 cm³/mol. The van der Waals surface area contributed by atoms with Crippen LogP contribution in [0.25, 0.3) is 0 Å². The van der Waals surface area contributed by atoms with Crippen LogP contribution in [-0.2, 0) is 11.3 Å². The number of nitrogens with zero attached hydrogens (tertiary/aromatic N) is 4.